The first kappa shape index (κ1) is 20.8. The number of guanidine groups is 1. The van der Waals surface area contributed by atoms with E-state index in [-0.39, 0.29) is 24.0 Å². The molecule has 3 atom stereocenters. The van der Waals surface area contributed by atoms with Crippen LogP contribution in [0.2, 0.25) is 0 Å². The Labute approximate surface area is 172 Å². The van der Waals surface area contributed by atoms with E-state index in [0.717, 1.165) is 36.2 Å². The number of aryl methyl sites for hydroxylation is 1. The second-order valence-corrected chi connectivity index (χ2v) is 8.03. The molecule has 1 aromatic carbocycles. The van der Waals surface area contributed by atoms with Crippen LogP contribution in [0.4, 0.5) is 0 Å². The van der Waals surface area contributed by atoms with Gasteiger partial charge in [-0.25, -0.2) is 4.99 Å². The zero-order valence-electron chi connectivity index (χ0n) is 15.1. The van der Waals surface area contributed by atoms with Crippen molar-refractivity contribution in [2.45, 2.75) is 55.9 Å². The molecule has 1 aromatic rings. The van der Waals surface area contributed by atoms with Gasteiger partial charge in [0.25, 0.3) is 0 Å². The summed E-state index contributed by atoms with van der Waals surface area (Å²) >= 11 is 1.96. The molecule has 0 amide bonds. The number of aliphatic imine (C=N–C) groups is 1. The molecule has 3 unspecified atom stereocenters. The second kappa shape index (κ2) is 9.46. The zero-order chi connectivity index (χ0) is 17.0. The third-order valence-electron chi connectivity index (χ3n) is 5.23. The monoisotopic (exact) mass is 475 g/mol. The van der Waals surface area contributed by atoms with Crippen LogP contribution in [-0.2, 0) is 12.0 Å². The van der Waals surface area contributed by atoms with Gasteiger partial charge in [0.2, 0.25) is 0 Å². The zero-order valence-corrected chi connectivity index (χ0v) is 18.3. The molecule has 6 heteroatoms. The summed E-state index contributed by atoms with van der Waals surface area (Å²) in [5.41, 5.74) is 1.48. The molecule has 2 aliphatic rings. The first-order valence-electron chi connectivity index (χ1n) is 9.03. The van der Waals surface area contributed by atoms with Crippen molar-refractivity contribution in [3.8, 4) is 0 Å². The minimum absolute atomic E-state index is 0. The summed E-state index contributed by atoms with van der Waals surface area (Å²) < 4.78 is 0. The highest BCUT2D eigenvalue weighted by Gasteiger charge is 2.36. The highest BCUT2D eigenvalue weighted by atomic mass is 127. The molecular formula is C19H30IN3OS. The molecule has 0 radical (unpaired) electrons. The number of fused-ring (bicyclic) bond motifs is 1. The summed E-state index contributed by atoms with van der Waals surface area (Å²) in [6.45, 7) is 3.33. The van der Waals surface area contributed by atoms with Crippen LogP contribution in [0.15, 0.2) is 29.3 Å². The Bertz CT molecular complexity index is 598. The predicted molar refractivity (Wildman–Crippen MR) is 118 cm³/mol. The van der Waals surface area contributed by atoms with Gasteiger partial charge in [0.05, 0.1) is 6.54 Å². The molecule has 0 heterocycles. The molecule has 25 heavy (non-hydrogen) atoms. The maximum Gasteiger partial charge on any atom is 0.191 e. The Morgan fingerprint density at radius 3 is 2.88 bits per heavy atom. The Balaban J connectivity index is 0.00000225. The number of hydrogen-bond donors (Lipinski definition) is 3. The molecule has 0 bridgehead atoms. The minimum Gasteiger partial charge on any atom is -0.383 e. The fourth-order valence-electron chi connectivity index (χ4n) is 3.84. The fourth-order valence-corrected chi connectivity index (χ4v) is 4.64. The Kier molecular flexibility index (Phi) is 7.89. The minimum atomic E-state index is -0.823. The summed E-state index contributed by atoms with van der Waals surface area (Å²) in [4.78, 5) is 4.72. The highest BCUT2D eigenvalue weighted by Crippen LogP contribution is 2.36. The van der Waals surface area contributed by atoms with E-state index in [1.54, 1.807) is 0 Å². The van der Waals surface area contributed by atoms with Gasteiger partial charge in [-0.15, -0.1) is 24.0 Å². The van der Waals surface area contributed by atoms with Crippen LogP contribution in [-0.4, -0.2) is 41.7 Å². The van der Waals surface area contributed by atoms with E-state index in [2.05, 4.69) is 29.9 Å². The largest absolute Gasteiger partial charge is 0.383 e. The first-order chi connectivity index (χ1) is 11.6. The SMILES string of the molecule is CCNC(=NCC1(O)CCc2ccccc21)NC1CCC(SC)C1.I. The molecule has 0 aromatic heterocycles. The van der Waals surface area contributed by atoms with E-state index < -0.39 is 5.60 Å². The van der Waals surface area contributed by atoms with Crippen LogP contribution in [0.1, 0.15) is 43.7 Å². The average molecular weight is 475 g/mol. The van der Waals surface area contributed by atoms with E-state index in [1.165, 1.54) is 24.8 Å². The number of nitrogens with zero attached hydrogens (tertiary/aromatic N) is 1. The molecule has 2 aliphatic carbocycles. The number of benzene rings is 1. The van der Waals surface area contributed by atoms with Crippen LogP contribution < -0.4 is 10.6 Å². The fraction of sp³-hybridized carbons (Fsp3) is 0.632. The lowest BCUT2D eigenvalue weighted by Crippen LogP contribution is -2.43. The highest BCUT2D eigenvalue weighted by molar-refractivity contribution is 14.0. The van der Waals surface area contributed by atoms with Crippen molar-refractivity contribution >= 4 is 41.7 Å². The van der Waals surface area contributed by atoms with Crippen molar-refractivity contribution < 1.29 is 5.11 Å². The van der Waals surface area contributed by atoms with Gasteiger partial charge in [0, 0.05) is 17.8 Å². The van der Waals surface area contributed by atoms with Gasteiger partial charge in [-0.05, 0) is 56.4 Å². The molecule has 3 rings (SSSR count). The van der Waals surface area contributed by atoms with Crippen LogP contribution in [0.5, 0.6) is 0 Å². The van der Waals surface area contributed by atoms with Crippen molar-refractivity contribution in [1.82, 2.24) is 10.6 Å². The first-order valence-corrected chi connectivity index (χ1v) is 10.3. The molecule has 1 saturated carbocycles. The Hall–Kier alpha value is -0.470. The van der Waals surface area contributed by atoms with E-state index in [9.17, 15) is 5.11 Å². The molecule has 4 nitrogen and oxygen atoms in total. The van der Waals surface area contributed by atoms with Crippen molar-refractivity contribution in [2.24, 2.45) is 4.99 Å². The quantitative estimate of drug-likeness (QED) is 0.348. The summed E-state index contributed by atoms with van der Waals surface area (Å²) in [5, 5.41) is 18.7. The number of aliphatic hydroxyl groups is 1. The predicted octanol–water partition coefficient (Wildman–Crippen LogP) is 3.28. The van der Waals surface area contributed by atoms with Crippen LogP contribution in [0, 0.1) is 0 Å². The van der Waals surface area contributed by atoms with Crippen molar-refractivity contribution in [1.29, 1.82) is 0 Å². The van der Waals surface area contributed by atoms with Crippen molar-refractivity contribution in [3.05, 3.63) is 35.4 Å². The maximum absolute atomic E-state index is 11.0. The van der Waals surface area contributed by atoms with Crippen LogP contribution >= 0.6 is 35.7 Å². The van der Waals surface area contributed by atoms with E-state index in [1.807, 2.05) is 30.0 Å². The van der Waals surface area contributed by atoms with E-state index in [0.29, 0.717) is 12.6 Å². The molecule has 0 aliphatic heterocycles. The lowest BCUT2D eigenvalue weighted by Gasteiger charge is -2.23. The second-order valence-electron chi connectivity index (χ2n) is 6.90. The molecule has 1 fully saturated rings. The summed E-state index contributed by atoms with van der Waals surface area (Å²) in [5.74, 6) is 0.835. The number of rotatable bonds is 5. The average Bonchev–Trinajstić information content (AvgIpc) is 3.19. The summed E-state index contributed by atoms with van der Waals surface area (Å²) in [6.07, 6.45) is 7.55. The van der Waals surface area contributed by atoms with Gasteiger partial charge in [-0.1, -0.05) is 24.3 Å². The smallest absolute Gasteiger partial charge is 0.191 e. The number of halogens is 1. The van der Waals surface area contributed by atoms with Crippen LogP contribution in [0.25, 0.3) is 0 Å². The van der Waals surface area contributed by atoms with Gasteiger partial charge >= 0.3 is 0 Å². The molecular weight excluding hydrogens is 445 g/mol. The molecule has 0 saturated heterocycles. The van der Waals surface area contributed by atoms with Gasteiger partial charge in [-0.3, -0.25) is 0 Å². The number of nitrogens with one attached hydrogen (secondary N) is 2. The van der Waals surface area contributed by atoms with E-state index in [4.69, 9.17) is 4.99 Å². The van der Waals surface area contributed by atoms with Crippen molar-refractivity contribution in [3.63, 3.8) is 0 Å². The van der Waals surface area contributed by atoms with Gasteiger partial charge in [-0.2, -0.15) is 11.8 Å². The number of thioether (sulfide) groups is 1. The Morgan fingerprint density at radius 1 is 1.36 bits per heavy atom. The molecule has 140 valence electrons. The maximum atomic E-state index is 11.0. The normalized spacial score (nSPS) is 28.4. The van der Waals surface area contributed by atoms with Gasteiger partial charge < -0.3 is 15.7 Å². The van der Waals surface area contributed by atoms with Gasteiger partial charge in [0.1, 0.15) is 5.60 Å². The molecule has 0 spiro atoms. The number of hydrogen-bond acceptors (Lipinski definition) is 3. The third kappa shape index (κ3) is 5.04. The van der Waals surface area contributed by atoms with Crippen molar-refractivity contribution in [2.75, 3.05) is 19.3 Å². The van der Waals surface area contributed by atoms with Gasteiger partial charge in [0.15, 0.2) is 5.96 Å². The lowest BCUT2D eigenvalue weighted by atomic mass is 9.96. The topological polar surface area (TPSA) is 56.7 Å². The molecule has 3 N–H and O–H groups in total. The lowest BCUT2D eigenvalue weighted by molar-refractivity contribution is 0.0485. The summed E-state index contributed by atoms with van der Waals surface area (Å²) in [6, 6.07) is 8.69. The Morgan fingerprint density at radius 2 is 2.16 bits per heavy atom. The van der Waals surface area contributed by atoms with E-state index >= 15 is 0 Å². The standard InChI is InChI=1S/C19H29N3OS.HI/c1-3-20-18(22-15-8-9-16(12-15)24-2)21-13-19(23)11-10-14-6-4-5-7-17(14)19;/h4-7,15-16,23H,3,8-13H2,1-2H3,(H2,20,21,22);1H. The summed E-state index contributed by atoms with van der Waals surface area (Å²) in [7, 11) is 0. The van der Waals surface area contributed by atoms with Crippen LogP contribution in [0.3, 0.4) is 0 Å². The third-order valence-corrected chi connectivity index (χ3v) is 6.32.